The normalized spacial score (nSPS) is 11.2. The first-order valence-electron chi connectivity index (χ1n) is 2.35. The van der Waals surface area contributed by atoms with Crippen LogP contribution >= 0.6 is 0 Å². The van der Waals surface area contributed by atoms with Gasteiger partial charge in [0.05, 0.1) is 6.10 Å². The number of ether oxygens (including phenoxy) is 1. The lowest BCUT2D eigenvalue weighted by Gasteiger charge is -2.04. The van der Waals surface area contributed by atoms with E-state index in [9.17, 15) is 8.78 Å². The van der Waals surface area contributed by atoms with E-state index in [1.165, 1.54) is 0 Å². The Morgan fingerprint density at radius 3 is 2.25 bits per heavy atom. The Hall–Kier alpha value is -0.180. The Morgan fingerprint density at radius 1 is 1.62 bits per heavy atom. The summed E-state index contributed by atoms with van der Waals surface area (Å²) in [6.07, 6.45) is -2.72. The molecule has 0 bridgehead atoms. The van der Waals surface area contributed by atoms with Gasteiger partial charge in [-0.05, 0) is 13.8 Å². The number of rotatable bonds is 3. The zero-order valence-corrected chi connectivity index (χ0v) is 4.73. The van der Waals surface area contributed by atoms with E-state index < -0.39 is 13.0 Å². The highest BCUT2D eigenvalue weighted by Gasteiger charge is 2.02. The van der Waals surface area contributed by atoms with Crippen molar-refractivity contribution in [1.82, 2.24) is 0 Å². The van der Waals surface area contributed by atoms with Crippen LogP contribution in [-0.2, 0) is 4.74 Å². The van der Waals surface area contributed by atoms with Gasteiger partial charge in [-0.1, -0.05) is 0 Å². The maximum absolute atomic E-state index is 11.2. The van der Waals surface area contributed by atoms with Crippen LogP contribution in [0.4, 0.5) is 8.78 Å². The third kappa shape index (κ3) is 5.82. The molecule has 0 amide bonds. The van der Waals surface area contributed by atoms with Crippen LogP contribution in [0.2, 0.25) is 0 Å². The van der Waals surface area contributed by atoms with Crippen molar-refractivity contribution < 1.29 is 13.5 Å². The minimum absolute atomic E-state index is 0.344. The van der Waals surface area contributed by atoms with Gasteiger partial charge in [0.25, 0.3) is 6.43 Å². The molecule has 49 valence electrons. The van der Waals surface area contributed by atoms with Gasteiger partial charge < -0.3 is 4.74 Å². The summed E-state index contributed by atoms with van der Waals surface area (Å²) in [4.78, 5) is 0. The molecule has 0 aromatic carbocycles. The Bertz CT molecular complexity index is 46.4. The van der Waals surface area contributed by atoms with Crippen LogP contribution in [0.1, 0.15) is 6.92 Å². The quantitative estimate of drug-likeness (QED) is 0.552. The highest BCUT2D eigenvalue weighted by atomic mass is 19.3. The lowest BCUT2D eigenvalue weighted by Crippen LogP contribution is -2.10. The molecule has 1 nitrogen and oxygen atoms in total. The highest BCUT2D eigenvalue weighted by molar-refractivity contribution is 4.49. The summed E-state index contributed by atoms with van der Waals surface area (Å²) in [5.41, 5.74) is 0. The average Bonchev–Trinajstić information content (AvgIpc) is 1.61. The van der Waals surface area contributed by atoms with E-state index in [4.69, 9.17) is 0 Å². The van der Waals surface area contributed by atoms with Crippen LogP contribution < -0.4 is 0 Å². The fourth-order valence-corrected chi connectivity index (χ4v) is 0.237. The van der Waals surface area contributed by atoms with Crippen molar-refractivity contribution in [2.24, 2.45) is 0 Å². The van der Waals surface area contributed by atoms with Gasteiger partial charge >= 0.3 is 0 Å². The van der Waals surface area contributed by atoms with E-state index in [0.29, 0.717) is 0 Å². The van der Waals surface area contributed by atoms with E-state index >= 15 is 0 Å². The van der Waals surface area contributed by atoms with E-state index in [0.717, 1.165) is 0 Å². The predicted molar refractivity (Wildman–Crippen MR) is 26.8 cm³/mol. The van der Waals surface area contributed by atoms with Crippen LogP contribution in [-0.4, -0.2) is 19.1 Å². The molecule has 1 radical (unpaired) electrons. The number of hydrogen-bond acceptors (Lipinski definition) is 1. The largest absolute Gasteiger partial charge is 0.373 e. The smallest absolute Gasteiger partial charge is 0.261 e. The lowest BCUT2D eigenvalue weighted by atomic mass is 10.5. The van der Waals surface area contributed by atoms with Crippen molar-refractivity contribution in [2.75, 3.05) is 6.61 Å². The van der Waals surface area contributed by atoms with Crippen molar-refractivity contribution in [3.05, 3.63) is 6.92 Å². The van der Waals surface area contributed by atoms with Gasteiger partial charge in [-0.2, -0.15) is 0 Å². The molecule has 1 atom stereocenters. The minimum atomic E-state index is -2.38. The van der Waals surface area contributed by atoms with Gasteiger partial charge in [0, 0.05) is 0 Å². The first kappa shape index (κ1) is 7.82. The van der Waals surface area contributed by atoms with Crippen molar-refractivity contribution in [2.45, 2.75) is 19.5 Å². The van der Waals surface area contributed by atoms with Gasteiger partial charge in [-0.25, -0.2) is 8.78 Å². The summed E-state index contributed by atoms with van der Waals surface area (Å²) in [5.74, 6) is 0. The third-order valence-corrected chi connectivity index (χ3v) is 0.507. The van der Waals surface area contributed by atoms with Gasteiger partial charge in [-0.3, -0.25) is 0 Å². The summed E-state index contributed by atoms with van der Waals surface area (Å²) in [6, 6.07) is 0. The van der Waals surface area contributed by atoms with Gasteiger partial charge in [0.15, 0.2) is 0 Å². The predicted octanol–water partition coefficient (Wildman–Crippen LogP) is 1.49. The summed E-state index contributed by atoms with van der Waals surface area (Å²) >= 11 is 0. The first-order valence-corrected chi connectivity index (χ1v) is 2.35. The summed E-state index contributed by atoms with van der Waals surface area (Å²) in [7, 11) is 0. The van der Waals surface area contributed by atoms with Crippen LogP contribution in [0.5, 0.6) is 0 Å². The number of hydrogen-bond donors (Lipinski definition) is 0. The molecule has 0 heterocycles. The molecule has 0 aromatic heterocycles. The van der Waals surface area contributed by atoms with Gasteiger partial charge in [0.1, 0.15) is 6.61 Å². The van der Waals surface area contributed by atoms with Crippen LogP contribution in [0, 0.1) is 6.92 Å². The Morgan fingerprint density at radius 2 is 2.12 bits per heavy atom. The molecule has 0 spiro atoms. The summed E-state index contributed by atoms with van der Waals surface area (Å²) in [6.45, 7) is 4.46. The van der Waals surface area contributed by atoms with Crippen LogP contribution in [0.3, 0.4) is 0 Å². The highest BCUT2D eigenvalue weighted by Crippen LogP contribution is 1.95. The summed E-state index contributed by atoms with van der Waals surface area (Å²) < 4.78 is 26.9. The van der Waals surface area contributed by atoms with Crippen LogP contribution in [0.15, 0.2) is 0 Å². The molecule has 0 saturated carbocycles. The number of alkyl halides is 2. The van der Waals surface area contributed by atoms with Crippen molar-refractivity contribution in [3.63, 3.8) is 0 Å². The average molecular weight is 123 g/mol. The Balaban J connectivity index is 2.93. The van der Waals surface area contributed by atoms with E-state index in [1.54, 1.807) is 6.92 Å². The van der Waals surface area contributed by atoms with E-state index in [2.05, 4.69) is 11.7 Å². The molecule has 8 heavy (non-hydrogen) atoms. The van der Waals surface area contributed by atoms with Crippen molar-refractivity contribution in [3.8, 4) is 0 Å². The fourth-order valence-electron chi connectivity index (χ4n) is 0.237. The molecule has 0 aliphatic heterocycles. The Labute approximate surface area is 47.6 Å². The molecule has 0 saturated heterocycles. The molecule has 0 fully saturated rings. The third-order valence-electron chi connectivity index (χ3n) is 0.507. The Kier molecular flexibility index (Phi) is 3.69. The van der Waals surface area contributed by atoms with Gasteiger partial charge in [-0.15, -0.1) is 0 Å². The lowest BCUT2D eigenvalue weighted by molar-refractivity contribution is -0.00179. The zero-order valence-electron chi connectivity index (χ0n) is 4.73. The van der Waals surface area contributed by atoms with Crippen LogP contribution in [0.25, 0.3) is 0 Å². The standard InChI is InChI=1S/C5H9F2O/c1-4(2)8-3-5(6)7/h4-5H,1,3H2,2H3. The second-order valence-electron chi connectivity index (χ2n) is 1.54. The second kappa shape index (κ2) is 3.78. The molecule has 3 heteroatoms. The number of halogens is 2. The van der Waals surface area contributed by atoms with Crippen molar-refractivity contribution in [1.29, 1.82) is 0 Å². The first-order chi connectivity index (χ1) is 3.63. The SMILES string of the molecule is [CH2]C(C)OCC(F)F. The molecular formula is C5H9F2O. The monoisotopic (exact) mass is 123 g/mol. The molecular weight excluding hydrogens is 114 g/mol. The zero-order chi connectivity index (χ0) is 6.57. The van der Waals surface area contributed by atoms with Crippen molar-refractivity contribution >= 4 is 0 Å². The molecule has 1 unspecified atom stereocenters. The molecule has 0 N–H and O–H groups in total. The van der Waals surface area contributed by atoms with E-state index in [-0.39, 0.29) is 6.10 Å². The topological polar surface area (TPSA) is 9.23 Å². The molecule has 0 aromatic rings. The second-order valence-corrected chi connectivity index (χ2v) is 1.54. The maximum Gasteiger partial charge on any atom is 0.261 e. The summed E-state index contributed by atoms with van der Waals surface area (Å²) in [5, 5.41) is 0. The molecule has 0 aliphatic rings. The van der Waals surface area contributed by atoms with Gasteiger partial charge in [0.2, 0.25) is 0 Å². The van der Waals surface area contributed by atoms with E-state index in [1.807, 2.05) is 0 Å². The maximum atomic E-state index is 11.2. The molecule has 0 rings (SSSR count). The molecule has 0 aliphatic carbocycles. The fraction of sp³-hybridized carbons (Fsp3) is 0.800. The minimum Gasteiger partial charge on any atom is -0.373 e.